The molecule has 0 bridgehead atoms. The Morgan fingerprint density at radius 1 is 0.441 bits per heavy atom. The Balaban J connectivity index is 1.31. The number of fused-ring (bicyclic) bond motifs is 13. The lowest BCUT2D eigenvalue weighted by Crippen LogP contribution is -2.63. The van der Waals surface area contributed by atoms with Gasteiger partial charge in [-0.1, -0.05) is 133 Å². The van der Waals surface area contributed by atoms with Crippen molar-refractivity contribution in [2.45, 2.75) is 131 Å². The summed E-state index contributed by atoms with van der Waals surface area (Å²) in [5, 5.41) is 8.23. The topological polar surface area (TPSA) is 9.34 Å². The summed E-state index contributed by atoms with van der Waals surface area (Å²) in [6.45, 7) is 35.7. The summed E-state index contributed by atoms with van der Waals surface area (Å²) in [4.78, 5) is 0. The maximum atomic E-state index is 2.65. The van der Waals surface area contributed by atoms with Crippen LogP contribution in [0.25, 0.3) is 65.6 Å². The van der Waals surface area contributed by atoms with Gasteiger partial charge in [-0.05, 0) is 133 Å². The second kappa shape index (κ2) is 11.0. The van der Waals surface area contributed by atoms with Gasteiger partial charge in [0.2, 0.25) is 6.71 Å². The standard InChI is InChI=1S/C56H59BN2/c1-30-20-42-49-48(21-30)59-46-19-17-32(53(5,6)7)23-36(46)40-26-34(55(11,12)13)27-44(51(40)59)57(49)43-28-37-39-25-33(54(8,9)10)24-38-35-22-31(52(2,3)4)16-18-45(35)58(50(38)39)47(37)29-41(43)56(42,14)15/h16-29H,1-15H3. The van der Waals surface area contributed by atoms with Gasteiger partial charge in [0.1, 0.15) is 0 Å². The number of benzene rings is 6. The third-order valence-corrected chi connectivity index (χ3v) is 14.7. The van der Waals surface area contributed by atoms with Crippen molar-refractivity contribution in [3.8, 4) is 5.69 Å². The van der Waals surface area contributed by atoms with Gasteiger partial charge in [-0.25, -0.2) is 0 Å². The van der Waals surface area contributed by atoms with E-state index in [1.54, 1.807) is 0 Å². The molecule has 2 nitrogen and oxygen atoms in total. The molecule has 0 radical (unpaired) electrons. The smallest absolute Gasteiger partial charge is 0.247 e. The molecule has 296 valence electrons. The molecule has 59 heavy (non-hydrogen) atoms. The van der Waals surface area contributed by atoms with E-state index in [2.05, 4.69) is 198 Å². The van der Waals surface area contributed by atoms with Crippen molar-refractivity contribution in [2.24, 2.45) is 0 Å². The molecule has 0 spiro atoms. The number of rotatable bonds is 0. The van der Waals surface area contributed by atoms with E-state index < -0.39 is 0 Å². The summed E-state index contributed by atoms with van der Waals surface area (Å²) >= 11 is 0. The highest BCUT2D eigenvalue weighted by molar-refractivity contribution is 6.99. The van der Waals surface area contributed by atoms with Crippen LogP contribution in [0.3, 0.4) is 0 Å². The Bertz CT molecular complexity index is 3330. The first-order chi connectivity index (χ1) is 27.4. The second-order valence-corrected chi connectivity index (χ2v) is 23.3. The Labute approximate surface area is 351 Å². The van der Waals surface area contributed by atoms with Crippen molar-refractivity contribution >= 4 is 83.0 Å². The molecular weight excluding hydrogens is 711 g/mol. The van der Waals surface area contributed by atoms with Gasteiger partial charge >= 0.3 is 0 Å². The maximum absolute atomic E-state index is 2.65. The first-order valence-electron chi connectivity index (χ1n) is 22.1. The van der Waals surface area contributed by atoms with Crippen LogP contribution >= 0.6 is 0 Å². The fraction of sp³-hybridized carbons (Fsp3) is 0.357. The van der Waals surface area contributed by atoms with Crippen LogP contribution in [0.5, 0.6) is 0 Å². The van der Waals surface area contributed by atoms with E-state index in [9.17, 15) is 0 Å². The molecule has 5 heterocycles. The molecule has 0 unspecified atom stereocenters. The van der Waals surface area contributed by atoms with E-state index in [1.165, 1.54) is 121 Å². The van der Waals surface area contributed by atoms with Crippen molar-refractivity contribution < 1.29 is 0 Å². The van der Waals surface area contributed by atoms with Gasteiger partial charge in [0.15, 0.2) is 0 Å². The third-order valence-electron chi connectivity index (χ3n) is 14.7. The number of hydrogen-bond acceptors (Lipinski definition) is 0. The average Bonchev–Trinajstić information content (AvgIpc) is 3.77. The first-order valence-corrected chi connectivity index (χ1v) is 22.1. The molecule has 3 heteroatoms. The van der Waals surface area contributed by atoms with Crippen LogP contribution in [0, 0.1) is 6.92 Å². The highest BCUT2D eigenvalue weighted by Crippen LogP contribution is 2.47. The van der Waals surface area contributed by atoms with E-state index in [-0.39, 0.29) is 33.8 Å². The van der Waals surface area contributed by atoms with E-state index >= 15 is 0 Å². The molecule has 3 aromatic heterocycles. The summed E-state index contributed by atoms with van der Waals surface area (Å²) in [5.41, 5.74) is 22.1. The van der Waals surface area contributed by atoms with Gasteiger partial charge in [-0.15, -0.1) is 0 Å². The Hall–Kier alpha value is -5.02. The minimum absolute atomic E-state index is 0.00798. The molecule has 0 saturated heterocycles. The van der Waals surface area contributed by atoms with Crippen molar-refractivity contribution in [2.75, 3.05) is 0 Å². The predicted molar refractivity (Wildman–Crippen MR) is 258 cm³/mol. The lowest BCUT2D eigenvalue weighted by Gasteiger charge is -2.42. The minimum Gasteiger partial charge on any atom is -0.310 e. The predicted octanol–water partition coefficient (Wildman–Crippen LogP) is 12.9. The molecule has 0 saturated carbocycles. The fourth-order valence-corrected chi connectivity index (χ4v) is 11.2. The SMILES string of the molecule is Cc1cc2c3c(c1)C(C)(C)c1cc4c(cc1B3c1cc(C(C)(C)C)cc3c5cc(C(C)(C)C)ccc5n-2c13)c1cc(C(C)(C)C)cc2c3cc(C(C)(C)C)ccc3n4c21. The van der Waals surface area contributed by atoms with Crippen molar-refractivity contribution in [3.63, 3.8) is 0 Å². The molecule has 0 fully saturated rings. The molecule has 0 amide bonds. The largest absolute Gasteiger partial charge is 0.310 e. The zero-order chi connectivity index (χ0) is 41.8. The lowest BCUT2D eigenvalue weighted by molar-refractivity contribution is 0.590. The van der Waals surface area contributed by atoms with Crippen LogP contribution in [-0.2, 0) is 27.1 Å². The first kappa shape index (κ1) is 37.0. The van der Waals surface area contributed by atoms with Gasteiger partial charge < -0.3 is 8.97 Å². The Morgan fingerprint density at radius 3 is 1.51 bits per heavy atom. The summed E-state index contributed by atoms with van der Waals surface area (Å²) in [5.74, 6) is 0. The molecular formula is C56H59BN2. The summed E-state index contributed by atoms with van der Waals surface area (Å²) in [6.07, 6.45) is 0. The molecule has 2 aliphatic heterocycles. The highest BCUT2D eigenvalue weighted by atomic mass is 15.0. The molecule has 0 N–H and O–H groups in total. The normalized spacial score (nSPS) is 15.5. The summed E-state index contributed by atoms with van der Waals surface area (Å²) < 4.78 is 5.27. The van der Waals surface area contributed by atoms with E-state index in [4.69, 9.17) is 0 Å². The molecule has 2 aliphatic rings. The third kappa shape index (κ3) is 4.82. The molecule has 0 aliphatic carbocycles. The zero-order valence-corrected chi connectivity index (χ0v) is 38.1. The zero-order valence-electron chi connectivity index (χ0n) is 38.1. The van der Waals surface area contributed by atoms with Crippen LogP contribution in [-0.4, -0.2) is 15.7 Å². The van der Waals surface area contributed by atoms with Crippen molar-refractivity contribution in [1.29, 1.82) is 0 Å². The maximum Gasteiger partial charge on any atom is 0.247 e. The number of hydrogen-bond donors (Lipinski definition) is 0. The van der Waals surface area contributed by atoms with Crippen molar-refractivity contribution in [3.05, 3.63) is 124 Å². The van der Waals surface area contributed by atoms with Gasteiger partial charge in [0, 0.05) is 48.9 Å². The van der Waals surface area contributed by atoms with Crippen molar-refractivity contribution in [1.82, 2.24) is 8.97 Å². The number of nitrogens with zero attached hydrogens (tertiary/aromatic N) is 2. The molecule has 0 atom stereocenters. The quantitative estimate of drug-likeness (QED) is 0.136. The molecule has 11 rings (SSSR count). The fourth-order valence-electron chi connectivity index (χ4n) is 11.2. The van der Waals surface area contributed by atoms with Crippen LogP contribution < -0.4 is 16.4 Å². The van der Waals surface area contributed by atoms with Crippen LogP contribution in [0.15, 0.2) is 84.9 Å². The van der Waals surface area contributed by atoms with Gasteiger partial charge in [0.25, 0.3) is 0 Å². The van der Waals surface area contributed by atoms with Gasteiger partial charge in [-0.2, -0.15) is 0 Å². The monoisotopic (exact) mass is 770 g/mol. The molecule has 6 aromatic carbocycles. The molecule has 9 aromatic rings. The van der Waals surface area contributed by atoms with E-state index in [0.717, 1.165) is 0 Å². The van der Waals surface area contributed by atoms with Crippen LogP contribution in [0.1, 0.15) is 136 Å². The second-order valence-electron chi connectivity index (χ2n) is 23.3. The number of aromatic nitrogens is 2. The Morgan fingerprint density at radius 2 is 0.932 bits per heavy atom. The highest BCUT2D eigenvalue weighted by Gasteiger charge is 2.46. The Kier molecular flexibility index (Phi) is 6.91. The van der Waals surface area contributed by atoms with E-state index in [0.29, 0.717) is 0 Å². The lowest BCUT2D eigenvalue weighted by atomic mass is 9.30. The van der Waals surface area contributed by atoms with Crippen LogP contribution in [0.2, 0.25) is 0 Å². The average molecular weight is 771 g/mol. The van der Waals surface area contributed by atoms with Crippen LogP contribution in [0.4, 0.5) is 0 Å². The summed E-state index contributed by atoms with van der Waals surface area (Å²) in [6, 6.07) is 35.0. The minimum atomic E-state index is -0.218. The number of aryl methyl sites for hydroxylation is 1. The summed E-state index contributed by atoms with van der Waals surface area (Å²) in [7, 11) is 0. The van der Waals surface area contributed by atoms with E-state index in [1.807, 2.05) is 0 Å². The van der Waals surface area contributed by atoms with Gasteiger partial charge in [0.05, 0.1) is 22.1 Å². The van der Waals surface area contributed by atoms with Gasteiger partial charge in [-0.3, -0.25) is 0 Å².